The van der Waals surface area contributed by atoms with E-state index in [1.165, 1.54) is 13.3 Å². The molecule has 2 bridgehead atoms. The summed E-state index contributed by atoms with van der Waals surface area (Å²) in [5, 5.41) is 2.87. The van der Waals surface area contributed by atoms with Gasteiger partial charge in [-0.2, -0.15) is 0 Å². The Morgan fingerprint density at radius 2 is 2.23 bits per heavy atom. The summed E-state index contributed by atoms with van der Waals surface area (Å²) in [6.45, 7) is 1.88. The fourth-order valence-corrected chi connectivity index (χ4v) is 3.98. The zero-order valence-corrected chi connectivity index (χ0v) is 14.6. The maximum absolute atomic E-state index is 14.3. The first-order valence-electron chi connectivity index (χ1n) is 8.60. The van der Waals surface area contributed by atoms with Crippen molar-refractivity contribution in [3.63, 3.8) is 0 Å². The van der Waals surface area contributed by atoms with Crippen molar-refractivity contribution in [1.29, 1.82) is 0 Å². The van der Waals surface area contributed by atoms with Crippen molar-refractivity contribution < 1.29 is 20.1 Å². The molecule has 6 nitrogen and oxygen atoms in total. The Hall–Kier alpha value is -2.54. The number of nitrogens with one attached hydrogen (secondary N) is 1. The Balaban J connectivity index is 0.00000210. The maximum atomic E-state index is 14.3. The van der Waals surface area contributed by atoms with E-state index in [0.717, 1.165) is 11.3 Å². The zero-order valence-electron chi connectivity index (χ0n) is 14.6. The maximum Gasteiger partial charge on any atom is 0.230 e. The molecule has 4 rings (SSSR count). The van der Waals surface area contributed by atoms with Crippen LogP contribution in [-0.2, 0) is 9.53 Å². The van der Waals surface area contributed by atoms with Crippen LogP contribution in [0.3, 0.4) is 0 Å². The molecule has 2 aromatic heterocycles. The van der Waals surface area contributed by atoms with Crippen molar-refractivity contribution in [2.75, 3.05) is 12.4 Å². The first-order valence-corrected chi connectivity index (χ1v) is 8.60. The van der Waals surface area contributed by atoms with Crippen LogP contribution in [-0.4, -0.2) is 41.4 Å². The SMILES string of the molecule is COc1ccc(NC(=O)[C@@H]2[C@@H](c3ccnc(C)c3)[C@H]3O[C@@H]2C[C@H]3F)cn1.[HH]. The average Bonchev–Trinajstić information content (AvgIpc) is 3.19. The molecule has 138 valence electrons. The highest BCUT2D eigenvalue weighted by Crippen LogP contribution is 2.50. The summed E-state index contributed by atoms with van der Waals surface area (Å²) in [6.07, 6.45) is 1.42. The normalized spacial score (nSPS) is 29.6. The zero-order chi connectivity index (χ0) is 18.3. The van der Waals surface area contributed by atoms with Crippen molar-refractivity contribution in [3.05, 3.63) is 47.9 Å². The van der Waals surface area contributed by atoms with Gasteiger partial charge in [-0.05, 0) is 30.7 Å². The quantitative estimate of drug-likeness (QED) is 0.909. The van der Waals surface area contributed by atoms with Crippen LogP contribution in [0, 0.1) is 12.8 Å². The highest BCUT2D eigenvalue weighted by molar-refractivity contribution is 5.94. The van der Waals surface area contributed by atoms with Crippen LogP contribution in [0.2, 0.25) is 0 Å². The lowest BCUT2D eigenvalue weighted by atomic mass is 9.74. The number of rotatable bonds is 4. The Bertz CT molecular complexity index is 820. The van der Waals surface area contributed by atoms with Crippen molar-refractivity contribution in [2.24, 2.45) is 5.92 Å². The lowest BCUT2D eigenvalue weighted by molar-refractivity contribution is -0.121. The second-order valence-corrected chi connectivity index (χ2v) is 6.75. The fraction of sp³-hybridized carbons (Fsp3) is 0.421. The molecule has 2 aliphatic heterocycles. The number of hydrogen-bond donors (Lipinski definition) is 1. The summed E-state index contributed by atoms with van der Waals surface area (Å²) >= 11 is 0. The molecule has 0 radical (unpaired) electrons. The van der Waals surface area contributed by atoms with Gasteiger partial charge in [-0.25, -0.2) is 9.37 Å². The van der Waals surface area contributed by atoms with Crippen molar-refractivity contribution in [2.45, 2.75) is 37.6 Å². The molecule has 0 aliphatic carbocycles. The third kappa shape index (κ3) is 2.92. The molecule has 1 amide bonds. The summed E-state index contributed by atoms with van der Waals surface area (Å²) in [5.41, 5.74) is 2.29. The van der Waals surface area contributed by atoms with Crippen molar-refractivity contribution >= 4 is 11.6 Å². The number of amides is 1. The number of fused-ring (bicyclic) bond motifs is 2. The standard InChI is InChI=1S/C19H20FN3O3.H2/c1-10-7-11(5-6-21-10)16-17(14-8-13(20)18(16)26-14)19(24)23-12-3-4-15(25-2)22-9-12;/h3-7,9,13-14,16-18H,8H2,1-2H3,(H,23,24);1H/t13-,14-,16-,17+,18+;/m1./s1. The number of anilines is 1. The first-order chi connectivity index (χ1) is 12.6. The number of nitrogens with zero attached hydrogens (tertiary/aromatic N) is 2. The summed E-state index contributed by atoms with van der Waals surface area (Å²) < 4.78 is 25.1. The Morgan fingerprint density at radius 3 is 2.92 bits per heavy atom. The van der Waals surface area contributed by atoms with Crippen LogP contribution >= 0.6 is 0 Å². The summed E-state index contributed by atoms with van der Waals surface area (Å²) in [5.74, 6) is -0.486. The van der Waals surface area contributed by atoms with Crippen LogP contribution in [0.15, 0.2) is 36.7 Å². The van der Waals surface area contributed by atoms with Gasteiger partial charge in [0.25, 0.3) is 0 Å². The molecule has 5 atom stereocenters. The molecule has 0 aromatic carbocycles. The highest BCUT2D eigenvalue weighted by atomic mass is 19.1. The van der Waals surface area contributed by atoms with Gasteiger partial charge < -0.3 is 14.8 Å². The molecular formula is C19H22FN3O3. The number of methoxy groups -OCH3 is 1. The van der Waals surface area contributed by atoms with E-state index in [2.05, 4.69) is 15.3 Å². The molecule has 2 saturated heterocycles. The fourth-order valence-electron chi connectivity index (χ4n) is 3.98. The van der Waals surface area contributed by atoms with Crippen LogP contribution in [0.4, 0.5) is 10.1 Å². The minimum absolute atomic E-state index is 0. The Labute approximate surface area is 152 Å². The number of aromatic nitrogens is 2. The Kier molecular flexibility index (Phi) is 4.32. The largest absolute Gasteiger partial charge is 0.481 e. The van der Waals surface area contributed by atoms with Crippen molar-refractivity contribution in [1.82, 2.24) is 9.97 Å². The predicted octanol–water partition coefficient (Wildman–Crippen LogP) is 2.89. The molecule has 4 heterocycles. The third-order valence-electron chi connectivity index (χ3n) is 5.11. The van der Waals surface area contributed by atoms with Gasteiger partial charge in [-0.3, -0.25) is 9.78 Å². The van der Waals surface area contributed by atoms with Gasteiger partial charge in [0, 0.05) is 31.7 Å². The number of pyridine rings is 2. The van der Waals surface area contributed by atoms with E-state index < -0.39 is 24.3 Å². The van der Waals surface area contributed by atoms with Gasteiger partial charge in [0.1, 0.15) is 6.17 Å². The molecule has 7 heteroatoms. The number of halogens is 1. The van der Waals surface area contributed by atoms with E-state index in [4.69, 9.17) is 9.47 Å². The molecule has 2 aromatic rings. The molecule has 1 N–H and O–H groups in total. The second-order valence-electron chi connectivity index (χ2n) is 6.75. The molecular weight excluding hydrogens is 337 g/mol. The van der Waals surface area contributed by atoms with Crippen molar-refractivity contribution in [3.8, 4) is 5.88 Å². The van der Waals surface area contributed by atoms with Crippen LogP contribution in [0.5, 0.6) is 5.88 Å². The van der Waals surface area contributed by atoms with Gasteiger partial charge in [0.2, 0.25) is 11.8 Å². The molecule has 0 spiro atoms. The molecule has 26 heavy (non-hydrogen) atoms. The molecule has 0 saturated carbocycles. The number of alkyl halides is 1. The minimum Gasteiger partial charge on any atom is -0.481 e. The van der Waals surface area contributed by atoms with Gasteiger partial charge in [-0.15, -0.1) is 0 Å². The Morgan fingerprint density at radius 1 is 1.38 bits per heavy atom. The van der Waals surface area contributed by atoms with Gasteiger partial charge in [0.15, 0.2) is 0 Å². The summed E-state index contributed by atoms with van der Waals surface area (Å²) in [4.78, 5) is 21.2. The highest BCUT2D eigenvalue weighted by Gasteiger charge is 2.57. The van der Waals surface area contributed by atoms with E-state index in [9.17, 15) is 9.18 Å². The number of carbonyl (C=O) groups is 1. The van der Waals surface area contributed by atoms with Crippen LogP contribution in [0.25, 0.3) is 0 Å². The smallest absolute Gasteiger partial charge is 0.230 e. The first kappa shape index (κ1) is 16.9. The van der Waals surface area contributed by atoms with E-state index >= 15 is 0 Å². The summed E-state index contributed by atoms with van der Waals surface area (Å²) in [6, 6.07) is 7.13. The molecule has 2 aliphatic rings. The number of carbonyl (C=O) groups excluding carboxylic acids is 1. The van der Waals surface area contributed by atoms with Gasteiger partial charge in [0.05, 0.1) is 37.1 Å². The summed E-state index contributed by atoms with van der Waals surface area (Å²) in [7, 11) is 1.53. The van der Waals surface area contributed by atoms with E-state index in [1.54, 1.807) is 18.3 Å². The lowest BCUT2D eigenvalue weighted by Gasteiger charge is -2.29. The average molecular weight is 359 g/mol. The topological polar surface area (TPSA) is 73.3 Å². The van der Waals surface area contributed by atoms with Crippen LogP contribution in [0.1, 0.15) is 25.0 Å². The van der Waals surface area contributed by atoms with E-state index in [-0.39, 0.29) is 19.7 Å². The number of aryl methyl sites for hydroxylation is 1. The van der Waals surface area contributed by atoms with Gasteiger partial charge in [-0.1, -0.05) is 0 Å². The predicted molar refractivity (Wildman–Crippen MR) is 94.9 cm³/mol. The molecule has 0 unspecified atom stereocenters. The van der Waals surface area contributed by atoms with E-state index in [1.807, 2.05) is 19.1 Å². The monoisotopic (exact) mass is 359 g/mol. The number of ether oxygens (including phenoxy) is 2. The van der Waals surface area contributed by atoms with Gasteiger partial charge >= 0.3 is 0 Å². The second kappa shape index (κ2) is 6.64. The minimum atomic E-state index is -1.05. The molecule has 2 fully saturated rings. The third-order valence-corrected chi connectivity index (χ3v) is 5.11. The van der Waals surface area contributed by atoms with E-state index in [0.29, 0.717) is 11.6 Å². The number of hydrogen-bond acceptors (Lipinski definition) is 5. The van der Waals surface area contributed by atoms with Crippen LogP contribution < -0.4 is 10.1 Å². The lowest BCUT2D eigenvalue weighted by Crippen LogP contribution is -2.39.